The average Bonchev–Trinajstić information content (AvgIpc) is 3.37. The zero-order valence-corrected chi connectivity index (χ0v) is 26.9. The molecule has 4 aliphatic heterocycles. The molecule has 12 nitrogen and oxygen atoms in total. The number of aliphatic hydroxyl groups is 1. The van der Waals surface area contributed by atoms with Crippen LogP contribution in [0.1, 0.15) is 60.3 Å². The van der Waals surface area contributed by atoms with Crippen molar-refractivity contribution in [2.75, 3.05) is 52.6 Å². The minimum atomic E-state index is -0.608. The molecule has 0 radical (unpaired) electrons. The summed E-state index contributed by atoms with van der Waals surface area (Å²) < 4.78 is 12.1. The van der Waals surface area contributed by atoms with E-state index in [-0.39, 0.29) is 48.9 Å². The molecule has 5 rings (SSSR count). The van der Waals surface area contributed by atoms with Crippen LogP contribution in [0.15, 0.2) is 0 Å². The average molecular weight is 608 g/mol. The van der Waals surface area contributed by atoms with Gasteiger partial charge in [-0.3, -0.25) is 30.9 Å². The van der Waals surface area contributed by atoms with Crippen molar-refractivity contribution in [1.82, 2.24) is 36.4 Å². The van der Waals surface area contributed by atoms with Gasteiger partial charge in [0.25, 0.3) is 0 Å². The standard InChI is InChI=1S/C31H57N7O5/c1-18(2)30-35-26(10-29(36-30)34-23-13-38(14-23)21(5)39)31(41)32-11-24(40)15-37-9-8-25-19(3)27(7-6-22(25)12-37)42-16-28-20(4)33-17-43-28/h18-20,22-30,33-36,40H,6-17H2,1-5H3,(H,32,41)/t19?,20?,22?,24-,25?,26?,27?,28?,29?,30?/m0/s1. The fourth-order valence-electron chi connectivity index (χ4n) is 7.78. The number of nitrogens with one attached hydrogen (secondary N) is 5. The molecule has 1 saturated carbocycles. The van der Waals surface area contributed by atoms with Crippen LogP contribution in [0.4, 0.5) is 0 Å². The Kier molecular flexibility index (Phi) is 11.4. The molecule has 0 spiro atoms. The van der Waals surface area contributed by atoms with E-state index in [2.05, 4.69) is 59.2 Å². The Balaban J connectivity index is 1.02. The molecular formula is C31H57N7O5. The fourth-order valence-corrected chi connectivity index (χ4v) is 7.78. The highest BCUT2D eigenvalue weighted by Gasteiger charge is 2.41. The molecule has 9 unspecified atom stereocenters. The number of ether oxygens (including phenoxy) is 2. The summed E-state index contributed by atoms with van der Waals surface area (Å²) in [5, 5.41) is 27.8. The van der Waals surface area contributed by atoms with Crippen LogP contribution >= 0.6 is 0 Å². The zero-order valence-electron chi connectivity index (χ0n) is 26.9. The van der Waals surface area contributed by atoms with Crippen molar-refractivity contribution in [3.05, 3.63) is 0 Å². The molecule has 43 heavy (non-hydrogen) atoms. The first-order valence-corrected chi connectivity index (χ1v) is 16.8. The molecule has 5 fully saturated rings. The fraction of sp³-hybridized carbons (Fsp3) is 0.935. The van der Waals surface area contributed by atoms with Gasteiger partial charge < -0.3 is 29.7 Å². The van der Waals surface area contributed by atoms with Crippen molar-refractivity contribution < 1.29 is 24.2 Å². The van der Waals surface area contributed by atoms with E-state index in [9.17, 15) is 14.7 Å². The highest BCUT2D eigenvalue weighted by Crippen LogP contribution is 2.41. The first-order chi connectivity index (χ1) is 20.6. The summed E-state index contributed by atoms with van der Waals surface area (Å²) in [7, 11) is 0. The summed E-state index contributed by atoms with van der Waals surface area (Å²) in [6.07, 6.45) is 3.76. The summed E-state index contributed by atoms with van der Waals surface area (Å²) >= 11 is 0. The maximum atomic E-state index is 13.2. The Morgan fingerprint density at radius 1 is 1.12 bits per heavy atom. The molecule has 1 aliphatic carbocycles. The molecule has 4 saturated heterocycles. The number of carbonyl (C=O) groups is 2. The largest absolute Gasteiger partial charge is 0.390 e. The van der Waals surface area contributed by atoms with E-state index < -0.39 is 6.10 Å². The molecular weight excluding hydrogens is 550 g/mol. The second kappa shape index (κ2) is 14.8. The minimum absolute atomic E-state index is 0.00306. The third-order valence-electron chi connectivity index (χ3n) is 10.7. The van der Waals surface area contributed by atoms with Crippen LogP contribution in [-0.2, 0) is 19.1 Å². The third-order valence-corrected chi connectivity index (χ3v) is 10.7. The highest BCUT2D eigenvalue weighted by molar-refractivity contribution is 5.82. The van der Waals surface area contributed by atoms with Crippen molar-refractivity contribution in [2.45, 2.75) is 109 Å². The van der Waals surface area contributed by atoms with Crippen LogP contribution < -0.4 is 26.6 Å². The summed E-state index contributed by atoms with van der Waals surface area (Å²) in [5.74, 6) is 2.13. The van der Waals surface area contributed by atoms with Gasteiger partial charge >= 0.3 is 0 Å². The van der Waals surface area contributed by atoms with Crippen molar-refractivity contribution in [2.24, 2.45) is 23.7 Å². The number of carbonyl (C=O) groups excluding carboxylic acids is 2. The monoisotopic (exact) mass is 607 g/mol. The molecule has 4 heterocycles. The Bertz CT molecular complexity index is 936. The molecule has 0 aromatic heterocycles. The third kappa shape index (κ3) is 8.46. The Morgan fingerprint density at radius 3 is 2.60 bits per heavy atom. The summed E-state index contributed by atoms with van der Waals surface area (Å²) in [6.45, 7) is 15.8. The van der Waals surface area contributed by atoms with E-state index in [0.29, 0.717) is 75.2 Å². The van der Waals surface area contributed by atoms with Gasteiger partial charge in [-0.05, 0) is 56.4 Å². The lowest BCUT2D eigenvalue weighted by Crippen LogP contribution is -2.71. The molecule has 5 aliphatic rings. The molecule has 2 amide bonds. The second-order valence-corrected chi connectivity index (χ2v) is 14.2. The highest BCUT2D eigenvalue weighted by atomic mass is 16.5. The molecule has 12 heteroatoms. The quantitative estimate of drug-likeness (QED) is 0.185. The van der Waals surface area contributed by atoms with Crippen LogP contribution in [0.25, 0.3) is 0 Å². The van der Waals surface area contributed by atoms with Gasteiger partial charge in [0.15, 0.2) is 0 Å². The first kappa shape index (κ1) is 33.0. The van der Waals surface area contributed by atoms with E-state index in [1.54, 1.807) is 6.92 Å². The van der Waals surface area contributed by atoms with Crippen molar-refractivity contribution in [3.63, 3.8) is 0 Å². The molecule has 10 atom stereocenters. The number of hydrogen-bond acceptors (Lipinski definition) is 10. The van der Waals surface area contributed by atoms with Gasteiger partial charge in [-0.15, -0.1) is 0 Å². The topological polar surface area (TPSA) is 139 Å². The van der Waals surface area contributed by atoms with Gasteiger partial charge in [0.1, 0.15) is 0 Å². The summed E-state index contributed by atoms with van der Waals surface area (Å²) in [6, 6.07) is 0.225. The number of hydrogen-bond donors (Lipinski definition) is 6. The predicted octanol–water partition coefficient (Wildman–Crippen LogP) is -0.369. The van der Waals surface area contributed by atoms with Crippen molar-refractivity contribution in [3.8, 4) is 0 Å². The second-order valence-electron chi connectivity index (χ2n) is 14.2. The maximum absolute atomic E-state index is 13.2. The Morgan fingerprint density at radius 2 is 1.91 bits per heavy atom. The number of piperidine rings is 1. The van der Waals surface area contributed by atoms with Crippen molar-refractivity contribution >= 4 is 11.8 Å². The molecule has 0 aromatic rings. The summed E-state index contributed by atoms with van der Waals surface area (Å²) in [5.41, 5.74) is 0. The number of β-amino-alcohol motifs (C(OH)–C–C–N with tert-alkyl or cyclic N) is 1. The lowest BCUT2D eigenvalue weighted by Gasteiger charge is -2.47. The van der Waals surface area contributed by atoms with Gasteiger partial charge in [0, 0.05) is 58.2 Å². The van der Waals surface area contributed by atoms with E-state index in [1.807, 2.05) is 4.90 Å². The van der Waals surface area contributed by atoms with Crippen LogP contribution in [-0.4, -0.2) is 128 Å². The predicted molar refractivity (Wildman–Crippen MR) is 164 cm³/mol. The van der Waals surface area contributed by atoms with Gasteiger partial charge in [0.05, 0.1) is 50.0 Å². The van der Waals surface area contributed by atoms with Crippen LogP contribution in [0.5, 0.6) is 0 Å². The SMILES string of the molecule is CC(=O)N1CC(NC2CC(C(=O)NC[C@H](O)CN3CCC4C(CCC(OCC5OCNC5C)C4C)C3)NC(C(C)C)N2)C1. The van der Waals surface area contributed by atoms with E-state index >= 15 is 0 Å². The number of amides is 2. The smallest absolute Gasteiger partial charge is 0.237 e. The number of nitrogens with zero attached hydrogens (tertiary/aromatic N) is 2. The lowest BCUT2D eigenvalue weighted by atomic mass is 9.68. The summed E-state index contributed by atoms with van der Waals surface area (Å²) in [4.78, 5) is 28.9. The first-order valence-electron chi connectivity index (χ1n) is 16.8. The van der Waals surface area contributed by atoms with Gasteiger partial charge in [0.2, 0.25) is 11.8 Å². The van der Waals surface area contributed by atoms with Gasteiger partial charge in [-0.2, -0.15) is 0 Å². The number of likely N-dealkylation sites (tertiary alicyclic amines) is 2. The van der Waals surface area contributed by atoms with Crippen LogP contribution in [0.3, 0.4) is 0 Å². The van der Waals surface area contributed by atoms with Gasteiger partial charge in [-0.25, -0.2) is 0 Å². The maximum Gasteiger partial charge on any atom is 0.237 e. The number of aliphatic hydroxyl groups excluding tert-OH is 1. The van der Waals surface area contributed by atoms with Crippen molar-refractivity contribution in [1.29, 1.82) is 0 Å². The molecule has 0 aromatic carbocycles. The van der Waals surface area contributed by atoms with E-state index in [4.69, 9.17) is 9.47 Å². The zero-order chi connectivity index (χ0) is 30.7. The van der Waals surface area contributed by atoms with Crippen LogP contribution in [0.2, 0.25) is 0 Å². The Labute approximate surface area is 257 Å². The van der Waals surface area contributed by atoms with Gasteiger partial charge in [-0.1, -0.05) is 20.8 Å². The normalized spacial score (nSPS) is 38.0. The minimum Gasteiger partial charge on any atom is -0.390 e. The number of rotatable bonds is 11. The van der Waals surface area contributed by atoms with E-state index in [1.165, 1.54) is 0 Å². The number of fused-ring (bicyclic) bond motifs is 1. The molecule has 246 valence electrons. The van der Waals surface area contributed by atoms with E-state index in [0.717, 1.165) is 32.4 Å². The Hall–Kier alpha value is -1.38. The molecule has 0 bridgehead atoms. The lowest BCUT2D eigenvalue weighted by molar-refractivity contribution is -0.133. The van der Waals surface area contributed by atoms with Crippen LogP contribution in [0, 0.1) is 23.7 Å². The molecule has 6 N–H and O–H groups in total.